The van der Waals surface area contributed by atoms with Crippen molar-refractivity contribution in [1.82, 2.24) is 5.32 Å². The minimum atomic E-state index is -0.290. The van der Waals surface area contributed by atoms with E-state index in [1.807, 2.05) is 0 Å². The fourth-order valence-electron chi connectivity index (χ4n) is 1.36. The highest BCUT2D eigenvalue weighted by Crippen LogP contribution is 2.44. The Labute approximate surface area is 92.2 Å². The second kappa shape index (κ2) is 3.87. The molecular weight excluding hydrogens is 218 g/mol. The molecule has 0 bridgehead atoms. The molecule has 1 aromatic rings. The first-order valence-electron chi connectivity index (χ1n) is 4.80. The number of hydrogen-bond acceptors (Lipinski definition) is 3. The van der Waals surface area contributed by atoms with E-state index < -0.39 is 0 Å². The summed E-state index contributed by atoms with van der Waals surface area (Å²) in [6.07, 6.45) is 1.92. The second-order valence-electron chi connectivity index (χ2n) is 3.94. The van der Waals surface area contributed by atoms with Gasteiger partial charge in [0.2, 0.25) is 0 Å². The molecule has 82 valence electrons. The van der Waals surface area contributed by atoms with Crippen LogP contribution in [0.2, 0.25) is 5.22 Å². The number of halogens is 1. The summed E-state index contributed by atoms with van der Waals surface area (Å²) >= 11 is 5.55. The summed E-state index contributed by atoms with van der Waals surface area (Å²) in [6, 6.07) is 3.05. The minimum Gasteiger partial charge on any atom is -0.440 e. The summed E-state index contributed by atoms with van der Waals surface area (Å²) in [5.41, 5.74) is -0.0912. The SMILES string of the molecule is O=C(NCC1(CO)CC1)c1ccc(Cl)o1. The zero-order valence-corrected chi connectivity index (χ0v) is 8.88. The highest BCUT2D eigenvalue weighted by molar-refractivity contribution is 6.29. The van der Waals surface area contributed by atoms with Crippen molar-refractivity contribution >= 4 is 17.5 Å². The monoisotopic (exact) mass is 229 g/mol. The van der Waals surface area contributed by atoms with Crippen molar-refractivity contribution in [2.45, 2.75) is 12.8 Å². The van der Waals surface area contributed by atoms with Gasteiger partial charge in [0.05, 0.1) is 6.61 Å². The van der Waals surface area contributed by atoms with Crippen LogP contribution >= 0.6 is 11.6 Å². The van der Waals surface area contributed by atoms with Gasteiger partial charge in [-0.15, -0.1) is 0 Å². The van der Waals surface area contributed by atoms with Crippen LogP contribution in [0.3, 0.4) is 0 Å². The van der Waals surface area contributed by atoms with Gasteiger partial charge in [0, 0.05) is 12.0 Å². The van der Waals surface area contributed by atoms with Crippen molar-refractivity contribution in [1.29, 1.82) is 0 Å². The zero-order valence-electron chi connectivity index (χ0n) is 8.12. The standard InChI is InChI=1S/C10H12ClNO3/c11-8-2-1-7(15-8)9(14)12-5-10(6-13)3-4-10/h1-2,13H,3-6H2,(H,12,14). The van der Waals surface area contributed by atoms with Crippen LogP contribution in [-0.2, 0) is 0 Å². The molecule has 1 fully saturated rings. The molecule has 1 aliphatic carbocycles. The Morgan fingerprint density at radius 3 is 2.80 bits per heavy atom. The number of aliphatic hydroxyl groups excluding tert-OH is 1. The van der Waals surface area contributed by atoms with Crippen molar-refractivity contribution in [2.24, 2.45) is 5.41 Å². The molecule has 0 unspecified atom stereocenters. The molecule has 1 aromatic heterocycles. The molecule has 1 saturated carbocycles. The molecule has 0 saturated heterocycles. The lowest BCUT2D eigenvalue weighted by Gasteiger charge is -2.11. The number of carbonyl (C=O) groups excluding carboxylic acids is 1. The van der Waals surface area contributed by atoms with Gasteiger partial charge in [0.15, 0.2) is 11.0 Å². The average Bonchev–Trinajstić information content (AvgIpc) is 2.90. The number of rotatable bonds is 4. The van der Waals surface area contributed by atoms with Gasteiger partial charge in [-0.1, -0.05) is 0 Å². The largest absolute Gasteiger partial charge is 0.440 e. The lowest BCUT2D eigenvalue weighted by molar-refractivity contribution is 0.0907. The van der Waals surface area contributed by atoms with Gasteiger partial charge in [-0.25, -0.2) is 0 Å². The first-order valence-corrected chi connectivity index (χ1v) is 5.17. The molecule has 1 heterocycles. The van der Waals surface area contributed by atoms with Crippen LogP contribution in [0.4, 0.5) is 0 Å². The topological polar surface area (TPSA) is 62.5 Å². The van der Waals surface area contributed by atoms with Crippen LogP contribution in [0.25, 0.3) is 0 Å². The van der Waals surface area contributed by atoms with Gasteiger partial charge < -0.3 is 14.8 Å². The van der Waals surface area contributed by atoms with E-state index in [9.17, 15) is 4.79 Å². The molecule has 2 N–H and O–H groups in total. The maximum Gasteiger partial charge on any atom is 0.287 e. The number of aliphatic hydroxyl groups is 1. The van der Waals surface area contributed by atoms with Crippen LogP contribution < -0.4 is 5.32 Å². The van der Waals surface area contributed by atoms with Crippen LogP contribution in [0.1, 0.15) is 23.4 Å². The zero-order chi connectivity index (χ0) is 10.9. The van der Waals surface area contributed by atoms with Crippen molar-refractivity contribution in [3.8, 4) is 0 Å². The van der Waals surface area contributed by atoms with Crippen LogP contribution in [0, 0.1) is 5.41 Å². The summed E-state index contributed by atoms with van der Waals surface area (Å²) in [5, 5.41) is 12.0. The summed E-state index contributed by atoms with van der Waals surface area (Å²) in [4.78, 5) is 11.5. The predicted molar refractivity (Wildman–Crippen MR) is 54.8 cm³/mol. The van der Waals surface area contributed by atoms with Crippen molar-refractivity contribution in [3.63, 3.8) is 0 Å². The maximum absolute atomic E-state index is 11.5. The van der Waals surface area contributed by atoms with E-state index in [1.165, 1.54) is 12.1 Å². The molecule has 0 radical (unpaired) electrons. The first-order chi connectivity index (χ1) is 7.15. The van der Waals surface area contributed by atoms with E-state index >= 15 is 0 Å². The second-order valence-corrected chi connectivity index (χ2v) is 4.32. The van der Waals surface area contributed by atoms with Crippen LogP contribution in [0.15, 0.2) is 16.5 Å². The Hall–Kier alpha value is -1.00. The van der Waals surface area contributed by atoms with Gasteiger partial charge in [0.1, 0.15) is 0 Å². The molecular formula is C10H12ClNO3. The molecule has 15 heavy (non-hydrogen) atoms. The third kappa shape index (κ3) is 2.33. The fourth-order valence-corrected chi connectivity index (χ4v) is 1.50. The van der Waals surface area contributed by atoms with Crippen LogP contribution in [-0.4, -0.2) is 24.2 Å². The highest BCUT2D eigenvalue weighted by atomic mass is 35.5. The summed E-state index contributed by atoms with van der Waals surface area (Å²) in [5.74, 6) is -0.0876. The van der Waals surface area contributed by atoms with Crippen molar-refractivity contribution < 1.29 is 14.3 Å². The number of hydrogen-bond donors (Lipinski definition) is 2. The normalized spacial score (nSPS) is 17.5. The molecule has 0 aromatic carbocycles. The number of furan rings is 1. The smallest absolute Gasteiger partial charge is 0.287 e. The molecule has 0 spiro atoms. The Morgan fingerprint density at radius 1 is 1.60 bits per heavy atom. The number of nitrogens with one attached hydrogen (secondary N) is 1. The fraction of sp³-hybridized carbons (Fsp3) is 0.500. The van der Waals surface area contributed by atoms with E-state index in [0.717, 1.165) is 12.8 Å². The lowest BCUT2D eigenvalue weighted by atomic mass is 10.1. The third-order valence-electron chi connectivity index (χ3n) is 2.71. The summed E-state index contributed by atoms with van der Waals surface area (Å²) in [7, 11) is 0. The molecule has 0 atom stereocenters. The summed E-state index contributed by atoms with van der Waals surface area (Å²) in [6.45, 7) is 0.604. The number of amides is 1. The Morgan fingerprint density at radius 2 is 2.33 bits per heavy atom. The highest BCUT2D eigenvalue weighted by Gasteiger charge is 2.42. The lowest BCUT2D eigenvalue weighted by Crippen LogP contribution is -2.31. The predicted octanol–water partition coefficient (Wildman–Crippen LogP) is 1.44. The molecule has 1 amide bonds. The average molecular weight is 230 g/mol. The van der Waals surface area contributed by atoms with E-state index in [-0.39, 0.29) is 28.9 Å². The molecule has 4 nitrogen and oxygen atoms in total. The van der Waals surface area contributed by atoms with E-state index in [2.05, 4.69) is 5.32 Å². The molecule has 0 aliphatic heterocycles. The number of carbonyl (C=O) groups is 1. The van der Waals surface area contributed by atoms with Gasteiger partial charge in [0.25, 0.3) is 5.91 Å². The van der Waals surface area contributed by atoms with E-state index in [0.29, 0.717) is 6.54 Å². The minimum absolute atomic E-state index is 0.0912. The molecule has 2 rings (SSSR count). The van der Waals surface area contributed by atoms with Gasteiger partial charge in [-0.3, -0.25) is 4.79 Å². The Balaban J connectivity index is 1.88. The van der Waals surface area contributed by atoms with Gasteiger partial charge >= 0.3 is 0 Å². The third-order valence-corrected chi connectivity index (χ3v) is 2.92. The Kier molecular flexibility index (Phi) is 2.71. The summed E-state index contributed by atoms with van der Waals surface area (Å²) < 4.78 is 4.96. The Bertz CT molecular complexity index is 370. The van der Waals surface area contributed by atoms with Crippen LogP contribution in [0.5, 0.6) is 0 Å². The van der Waals surface area contributed by atoms with Crippen molar-refractivity contribution in [3.05, 3.63) is 23.1 Å². The molecule has 1 aliphatic rings. The van der Waals surface area contributed by atoms with Gasteiger partial charge in [-0.05, 0) is 36.6 Å². The quantitative estimate of drug-likeness (QED) is 0.821. The van der Waals surface area contributed by atoms with Crippen molar-refractivity contribution in [2.75, 3.05) is 13.2 Å². The maximum atomic E-state index is 11.5. The van der Waals surface area contributed by atoms with E-state index in [1.54, 1.807) is 0 Å². The van der Waals surface area contributed by atoms with E-state index in [4.69, 9.17) is 21.1 Å². The van der Waals surface area contributed by atoms with Gasteiger partial charge in [-0.2, -0.15) is 0 Å². The molecule has 5 heteroatoms. The first kappa shape index (κ1) is 10.5.